The molecule has 1 aromatic heterocycles. The molecule has 3 rings (SSSR count). The fourth-order valence-corrected chi connectivity index (χ4v) is 3.77. The van der Waals surface area contributed by atoms with Gasteiger partial charge in [0.25, 0.3) is 0 Å². The van der Waals surface area contributed by atoms with Crippen molar-refractivity contribution >= 4 is 52.8 Å². The second-order valence-corrected chi connectivity index (χ2v) is 7.86. The predicted octanol–water partition coefficient (Wildman–Crippen LogP) is 4.71. The zero-order valence-corrected chi connectivity index (χ0v) is 18.1. The molecule has 4 N–H and O–H groups in total. The van der Waals surface area contributed by atoms with E-state index in [-0.39, 0.29) is 5.82 Å². The van der Waals surface area contributed by atoms with Crippen LogP contribution in [0.2, 0.25) is 10.0 Å². The van der Waals surface area contributed by atoms with Crippen LogP contribution >= 0.6 is 23.2 Å². The number of carbonyl (C=O) groups is 1. The van der Waals surface area contributed by atoms with E-state index in [1.165, 1.54) is 32.0 Å². The molecular weight excluding hydrogens is 425 g/mol. The highest BCUT2D eigenvalue weighted by atomic mass is 35.5. The maximum atomic E-state index is 12.4. The highest BCUT2D eigenvalue weighted by Gasteiger charge is 2.14. The number of anilines is 3. The Labute approximate surface area is 185 Å². The molecule has 10 heteroatoms. The standard InChI is InChI=1S/C20H25Cl2N7O/c21-14-5-6-17(16(22)11-14)27-20(30)28-19-15(12-23)18(25-13-26-19)24-7-10-29-8-3-1-2-4-9-29/h5-6,11-13,23H,1-4,7-10H2,(H3,24,25,26,27,28,30). The van der Waals surface area contributed by atoms with Crippen LogP contribution in [0.4, 0.5) is 22.1 Å². The highest BCUT2D eigenvalue weighted by molar-refractivity contribution is 6.36. The first-order valence-corrected chi connectivity index (χ1v) is 10.7. The van der Waals surface area contributed by atoms with Crippen molar-refractivity contribution in [2.75, 3.05) is 42.1 Å². The molecule has 1 saturated heterocycles. The molecule has 2 aromatic rings. The highest BCUT2D eigenvalue weighted by Crippen LogP contribution is 2.25. The van der Waals surface area contributed by atoms with Gasteiger partial charge in [-0.3, -0.25) is 5.32 Å². The number of nitrogens with zero attached hydrogens (tertiary/aromatic N) is 3. The Morgan fingerprint density at radius 3 is 2.53 bits per heavy atom. The van der Waals surface area contributed by atoms with Crippen molar-refractivity contribution in [3.05, 3.63) is 40.1 Å². The summed E-state index contributed by atoms with van der Waals surface area (Å²) < 4.78 is 0. The number of carbonyl (C=O) groups excluding carboxylic acids is 1. The third kappa shape index (κ3) is 6.29. The molecule has 0 unspecified atom stereocenters. The van der Waals surface area contributed by atoms with Crippen molar-refractivity contribution in [1.29, 1.82) is 5.41 Å². The minimum absolute atomic E-state index is 0.236. The van der Waals surface area contributed by atoms with E-state index in [9.17, 15) is 4.79 Å². The molecule has 1 aliphatic rings. The monoisotopic (exact) mass is 449 g/mol. The summed E-state index contributed by atoms with van der Waals surface area (Å²) >= 11 is 12.0. The largest absolute Gasteiger partial charge is 0.368 e. The summed E-state index contributed by atoms with van der Waals surface area (Å²) in [6, 6.07) is 4.25. The molecule has 8 nitrogen and oxygen atoms in total. The summed E-state index contributed by atoms with van der Waals surface area (Å²) in [7, 11) is 0. The van der Waals surface area contributed by atoms with Crippen molar-refractivity contribution in [1.82, 2.24) is 14.9 Å². The van der Waals surface area contributed by atoms with E-state index in [0.29, 0.717) is 33.7 Å². The van der Waals surface area contributed by atoms with Crippen LogP contribution < -0.4 is 16.0 Å². The maximum absolute atomic E-state index is 12.4. The van der Waals surface area contributed by atoms with Gasteiger partial charge in [-0.05, 0) is 44.1 Å². The molecule has 1 aromatic carbocycles. The number of nitrogens with one attached hydrogen (secondary N) is 4. The maximum Gasteiger partial charge on any atom is 0.324 e. The van der Waals surface area contributed by atoms with E-state index in [4.69, 9.17) is 28.6 Å². The Kier molecular flexibility index (Phi) is 8.24. The topological polar surface area (TPSA) is 106 Å². The third-order valence-corrected chi connectivity index (χ3v) is 5.41. The van der Waals surface area contributed by atoms with E-state index < -0.39 is 6.03 Å². The van der Waals surface area contributed by atoms with Gasteiger partial charge in [0.2, 0.25) is 0 Å². The Bertz CT molecular complexity index is 885. The lowest BCUT2D eigenvalue weighted by Crippen LogP contribution is -2.30. The molecule has 160 valence electrons. The molecule has 0 spiro atoms. The van der Waals surface area contributed by atoms with E-state index in [1.54, 1.807) is 18.2 Å². The zero-order valence-electron chi connectivity index (χ0n) is 16.5. The van der Waals surface area contributed by atoms with Crippen LogP contribution in [-0.2, 0) is 0 Å². The lowest BCUT2D eigenvalue weighted by Gasteiger charge is -2.20. The number of hydrogen-bond donors (Lipinski definition) is 4. The third-order valence-electron chi connectivity index (χ3n) is 4.86. The summed E-state index contributed by atoms with van der Waals surface area (Å²) in [5, 5.41) is 17.1. The molecule has 30 heavy (non-hydrogen) atoms. The van der Waals surface area contributed by atoms with Crippen LogP contribution in [0.5, 0.6) is 0 Å². The summed E-state index contributed by atoms with van der Waals surface area (Å²) in [5.74, 6) is 0.745. The minimum atomic E-state index is -0.531. The van der Waals surface area contributed by atoms with Gasteiger partial charge in [-0.1, -0.05) is 36.0 Å². The van der Waals surface area contributed by atoms with E-state index >= 15 is 0 Å². The number of aromatic nitrogens is 2. The number of halogens is 2. The van der Waals surface area contributed by atoms with Crippen molar-refractivity contribution in [2.24, 2.45) is 0 Å². The molecule has 1 aliphatic heterocycles. The van der Waals surface area contributed by atoms with Crippen LogP contribution in [0, 0.1) is 5.41 Å². The van der Waals surface area contributed by atoms with Crippen LogP contribution in [-0.4, -0.2) is 53.3 Å². The second-order valence-electron chi connectivity index (χ2n) is 7.01. The fourth-order valence-electron chi connectivity index (χ4n) is 3.32. The molecule has 0 atom stereocenters. The predicted molar refractivity (Wildman–Crippen MR) is 122 cm³/mol. The Morgan fingerprint density at radius 2 is 1.83 bits per heavy atom. The molecule has 2 amide bonds. The van der Waals surface area contributed by atoms with Crippen LogP contribution in [0.3, 0.4) is 0 Å². The number of amides is 2. The quantitative estimate of drug-likeness (QED) is 0.457. The van der Waals surface area contributed by atoms with Crippen LogP contribution in [0.25, 0.3) is 0 Å². The van der Waals surface area contributed by atoms with Gasteiger partial charge < -0.3 is 20.9 Å². The molecule has 0 bridgehead atoms. The van der Waals surface area contributed by atoms with Gasteiger partial charge in [0.05, 0.1) is 16.3 Å². The smallest absolute Gasteiger partial charge is 0.324 e. The molecule has 0 saturated carbocycles. The average molecular weight is 450 g/mol. The van der Waals surface area contributed by atoms with Gasteiger partial charge in [-0.15, -0.1) is 0 Å². The summed E-state index contributed by atoms with van der Waals surface area (Å²) in [6.07, 6.45) is 7.55. The molecule has 2 heterocycles. The number of hydrogen-bond acceptors (Lipinski definition) is 6. The fraction of sp³-hybridized carbons (Fsp3) is 0.400. The van der Waals surface area contributed by atoms with Crippen molar-refractivity contribution in [2.45, 2.75) is 25.7 Å². The van der Waals surface area contributed by atoms with E-state index in [1.807, 2.05) is 0 Å². The lowest BCUT2D eigenvalue weighted by molar-refractivity contribution is 0.262. The van der Waals surface area contributed by atoms with E-state index in [2.05, 4.69) is 30.8 Å². The van der Waals surface area contributed by atoms with Crippen molar-refractivity contribution in [3.63, 3.8) is 0 Å². The van der Waals surface area contributed by atoms with E-state index in [0.717, 1.165) is 25.8 Å². The Morgan fingerprint density at radius 1 is 1.10 bits per heavy atom. The average Bonchev–Trinajstić information content (AvgIpc) is 2.99. The number of urea groups is 1. The Hall–Kier alpha value is -2.42. The number of likely N-dealkylation sites (tertiary alicyclic amines) is 1. The normalized spacial score (nSPS) is 14.6. The molecule has 0 aliphatic carbocycles. The second kappa shape index (κ2) is 11.1. The first-order chi connectivity index (χ1) is 14.6. The van der Waals surface area contributed by atoms with Crippen LogP contribution in [0.1, 0.15) is 31.2 Å². The van der Waals surface area contributed by atoms with Gasteiger partial charge >= 0.3 is 6.03 Å². The van der Waals surface area contributed by atoms with Crippen molar-refractivity contribution < 1.29 is 4.79 Å². The SMILES string of the molecule is N=Cc1c(NCCN2CCCCCC2)ncnc1NC(=O)Nc1ccc(Cl)cc1Cl. The first kappa shape index (κ1) is 22.3. The van der Waals surface area contributed by atoms with Crippen LogP contribution in [0.15, 0.2) is 24.5 Å². The lowest BCUT2D eigenvalue weighted by atomic mass is 10.2. The molecular formula is C20H25Cl2N7O. The first-order valence-electron chi connectivity index (χ1n) is 9.91. The summed E-state index contributed by atoms with van der Waals surface area (Å²) in [4.78, 5) is 23.1. The Balaban J connectivity index is 1.61. The number of rotatable bonds is 7. The van der Waals surface area contributed by atoms with Gasteiger partial charge in [0.15, 0.2) is 0 Å². The minimum Gasteiger partial charge on any atom is -0.368 e. The van der Waals surface area contributed by atoms with Gasteiger partial charge in [0, 0.05) is 24.3 Å². The molecule has 1 fully saturated rings. The van der Waals surface area contributed by atoms with Crippen molar-refractivity contribution in [3.8, 4) is 0 Å². The summed E-state index contributed by atoms with van der Waals surface area (Å²) in [5.41, 5.74) is 0.825. The van der Waals surface area contributed by atoms with Gasteiger partial charge in [-0.25, -0.2) is 14.8 Å². The zero-order chi connectivity index (χ0) is 21.3. The van der Waals surface area contributed by atoms with Gasteiger partial charge in [0.1, 0.15) is 18.0 Å². The van der Waals surface area contributed by atoms with Gasteiger partial charge in [-0.2, -0.15) is 0 Å². The summed E-state index contributed by atoms with van der Waals surface area (Å²) in [6.45, 7) is 3.83. The molecule has 0 radical (unpaired) electrons. The number of benzene rings is 1.